The second kappa shape index (κ2) is 5.77. The Kier molecular flexibility index (Phi) is 4.50. The summed E-state index contributed by atoms with van der Waals surface area (Å²) in [6.07, 6.45) is -9.46. The average Bonchev–Trinajstić information content (AvgIpc) is 2.35. The fourth-order valence-corrected chi connectivity index (χ4v) is 2.70. The minimum Gasteiger partial charge on any atom is -0.166 e. The molecule has 8 heteroatoms. The van der Waals surface area contributed by atoms with Crippen LogP contribution in [0.3, 0.4) is 0 Å². The van der Waals surface area contributed by atoms with Gasteiger partial charge in [-0.3, -0.25) is 0 Å². The number of halogens is 8. The number of benzene rings is 2. The molecule has 0 bridgehead atoms. The van der Waals surface area contributed by atoms with E-state index in [9.17, 15) is 26.3 Å². The van der Waals surface area contributed by atoms with E-state index in [1.54, 1.807) is 0 Å². The summed E-state index contributed by atoms with van der Waals surface area (Å²) < 4.78 is 77.5. The first-order valence-electron chi connectivity index (χ1n) is 5.65. The van der Waals surface area contributed by atoms with E-state index in [0.717, 1.165) is 6.07 Å². The Labute approximate surface area is 134 Å². The Bertz CT molecular complexity index is 705. The molecule has 2 rings (SSSR count). The van der Waals surface area contributed by atoms with Gasteiger partial charge in [0.25, 0.3) is 0 Å². The van der Waals surface area contributed by atoms with Crippen LogP contribution in [-0.2, 0) is 12.4 Å². The molecule has 0 amide bonds. The van der Waals surface area contributed by atoms with Crippen molar-refractivity contribution in [2.45, 2.75) is 12.4 Å². The Morgan fingerprint density at radius 1 is 0.909 bits per heavy atom. The molecule has 1 radical (unpaired) electrons. The molecule has 0 saturated heterocycles. The van der Waals surface area contributed by atoms with Crippen LogP contribution in [0.15, 0.2) is 34.8 Å². The Morgan fingerprint density at radius 2 is 1.55 bits per heavy atom. The van der Waals surface area contributed by atoms with Crippen LogP contribution < -0.4 is 0 Å². The predicted molar refractivity (Wildman–Crippen MR) is 73.4 cm³/mol. The molecule has 0 unspecified atom stereocenters. The standard InChI is InChI=1S/C14H5BrClF6/c15-11-3-1-2-10(14(20,21)22)12(11)7-4-8(13(17,18)19)6-9(16)5-7/h2-6H. The van der Waals surface area contributed by atoms with Crippen LogP contribution in [0.1, 0.15) is 11.1 Å². The molecule has 0 aliphatic carbocycles. The lowest BCUT2D eigenvalue weighted by atomic mass is 9.97. The minimum atomic E-state index is -4.74. The third kappa shape index (κ3) is 3.57. The maximum absolute atomic E-state index is 13.1. The first-order valence-corrected chi connectivity index (χ1v) is 6.82. The number of hydrogen-bond donors (Lipinski definition) is 0. The normalized spacial score (nSPS) is 12.5. The van der Waals surface area contributed by atoms with Crippen LogP contribution in [0.5, 0.6) is 0 Å². The van der Waals surface area contributed by atoms with Gasteiger partial charge in [-0.15, -0.1) is 0 Å². The van der Waals surface area contributed by atoms with Gasteiger partial charge in [0.1, 0.15) is 0 Å². The molecule has 22 heavy (non-hydrogen) atoms. The van der Waals surface area contributed by atoms with Gasteiger partial charge in [-0.2, -0.15) is 26.3 Å². The van der Waals surface area contributed by atoms with Crippen molar-refractivity contribution >= 4 is 27.5 Å². The highest BCUT2D eigenvalue weighted by molar-refractivity contribution is 9.10. The van der Waals surface area contributed by atoms with Gasteiger partial charge in [-0.1, -0.05) is 27.5 Å². The quantitative estimate of drug-likeness (QED) is 0.471. The third-order valence-electron chi connectivity index (χ3n) is 2.77. The predicted octanol–water partition coefficient (Wildman–Crippen LogP) is 6.61. The molecule has 0 spiro atoms. The van der Waals surface area contributed by atoms with Crippen molar-refractivity contribution in [3.63, 3.8) is 0 Å². The molecule has 117 valence electrons. The summed E-state index contributed by atoms with van der Waals surface area (Å²) >= 11 is 8.54. The number of hydrogen-bond acceptors (Lipinski definition) is 0. The fourth-order valence-electron chi connectivity index (χ4n) is 1.89. The zero-order valence-corrected chi connectivity index (χ0v) is 12.8. The van der Waals surface area contributed by atoms with Gasteiger partial charge in [-0.05, 0) is 42.0 Å². The Hall–Kier alpha value is -1.21. The van der Waals surface area contributed by atoms with Crippen molar-refractivity contribution in [2.24, 2.45) is 0 Å². The Morgan fingerprint density at radius 3 is 2.09 bits per heavy atom. The van der Waals surface area contributed by atoms with E-state index in [1.807, 2.05) is 0 Å². The van der Waals surface area contributed by atoms with Crippen molar-refractivity contribution in [3.8, 4) is 11.1 Å². The van der Waals surface area contributed by atoms with E-state index in [2.05, 4.69) is 22.0 Å². The number of rotatable bonds is 1. The molecule has 0 N–H and O–H groups in total. The third-order valence-corrected chi connectivity index (χ3v) is 3.61. The van der Waals surface area contributed by atoms with Crippen LogP contribution in [0.25, 0.3) is 11.1 Å². The zero-order valence-electron chi connectivity index (χ0n) is 10.4. The summed E-state index contributed by atoms with van der Waals surface area (Å²) in [5, 5.41) is -0.308. The van der Waals surface area contributed by atoms with Gasteiger partial charge in [0.2, 0.25) is 0 Å². The molecular formula is C14H5BrClF6. The Balaban J connectivity index is 2.75. The second-order valence-electron chi connectivity index (χ2n) is 4.32. The fraction of sp³-hybridized carbons (Fsp3) is 0.143. The van der Waals surface area contributed by atoms with Crippen molar-refractivity contribution in [2.75, 3.05) is 0 Å². The smallest absolute Gasteiger partial charge is 0.166 e. The van der Waals surface area contributed by atoms with Crippen LogP contribution in [0, 0.1) is 6.07 Å². The molecule has 0 aliphatic rings. The summed E-state index contributed by atoms with van der Waals surface area (Å²) in [6, 6.07) is 6.48. The van der Waals surface area contributed by atoms with Crippen LogP contribution >= 0.6 is 27.5 Å². The molecule has 0 fully saturated rings. The van der Waals surface area contributed by atoms with Gasteiger partial charge in [-0.25, -0.2) is 0 Å². The van der Waals surface area contributed by atoms with E-state index < -0.39 is 29.0 Å². The molecule has 2 aromatic carbocycles. The molecule has 0 aliphatic heterocycles. The zero-order chi connectivity index (χ0) is 16.7. The highest BCUT2D eigenvalue weighted by atomic mass is 79.9. The summed E-state index contributed by atoms with van der Waals surface area (Å²) in [5.74, 6) is 0. The monoisotopic (exact) mass is 401 g/mol. The van der Waals surface area contributed by atoms with Crippen molar-refractivity contribution in [1.29, 1.82) is 0 Å². The summed E-state index contributed by atoms with van der Waals surface area (Å²) in [5.41, 5.74) is -2.92. The van der Waals surface area contributed by atoms with Gasteiger partial charge >= 0.3 is 12.4 Å². The summed E-state index contributed by atoms with van der Waals surface area (Å²) in [4.78, 5) is 0. The lowest BCUT2D eigenvalue weighted by molar-refractivity contribution is -0.137. The maximum atomic E-state index is 13.1. The van der Waals surface area contributed by atoms with Crippen molar-refractivity contribution in [1.82, 2.24) is 0 Å². The molecule has 0 nitrogen and oxygen atoms in total. The van der Waals surface area contributed by atoms with Crippen molar-refractivity contribution in [3.05, 3.63) is 57.0 Å². The van der Waals surface area contributed by atoms with Gasteiger partial charge in [0, 0.05) is 15.1 Å². The van der Waals surface area contributed by atoms with E-state index >= 15 is 0 Å². The van der Waals surface area contributed by atoms with E-state index in [0.29, 0.717) is 18.2 Å². The molecule has 0 atom stereocenters. The molecule has 0 aromatic heterocycles. The lowest BCUT2D eigenvalue weighted by Gasteiger charge is -2.16. The SMILES string of the molecule is FC(F)(F)c1cc(Cl)cc(-c2c(Br)c[c]cc2C(F)(F)F)c1. The van der Waals surface area contributed by atoms with Gasteiger partial charge in [0.15, 0.2) is 0 Å². The number of alkyl halides is 6. The molecule has 0 heterocycles. The molecular weight excluding hydrogens is 397 g/mol. The highest BCUT2D eigenvalue weighted by Crippen LogP contribution is 2.43. The summed E-state index contributed by atoms with van der Waals surface area (Å²) in [6.45, 7) is 0. The molecule has 0 saturated carbocycles. The van der Waals surface area contributed by atoms with Crippen LogP contribution in [-0.4, -0.2) is 0 Å². The largest absolute Gasteiger partial charge is 0.417 e. The molecule has 2 aromatic rings. The van der Waals surface area contributed by atoms with Gasteiger partial charge in [0.05, 0.1) is 11.1 Å². The maximum Gasteiger partial charge on any atom is 0.417 e. The van der Waals surface area contributed by atoms with Crippen molar-refractivity contribution < 1.29 is 26.3 Å². The minimum absolute atomic E-state index is 0.0299. The van der Waals surface area contributed by atoms with Crippen LogP contribution in [0.2, 0.25) is 5.02 Å². The van der Waals surface area contributed by atoms with Crippen LogP contribution in [0.4, 0.5) is 26.3 Å². The second-order valence-corrected chi connectivity index (χ2v) is 5.61. The first-order chi connectivity index (χ1) is 10.00. The summed E-state index contributed by atoms with van der Waals surface area (Å²) in [7, 11) is 0. The van der Waals surface area contributed by atoms with E-state index in [1.165, 1.54) is 6.07 Å². The van der Waals surface area contributed by atoms with Gasteiger partial charge < -0.3 is 0 Å². The first kappa shape index (κ1) is 17.1. The average molecular weight is 403 g/mol. The highest BCUT2D eigenvalue weighted by Gasteiger charge is 2.36. The van der Waals surface area contributed by atoms with E-state index in [-0.39, 0.29) is 15.1 Å². The topological polar surface area (TPSA) is 0 Å². The lowest BCUT2D eigenvalue weighted by Crippen LogP contribution is -2.09. The van der Waals surface area contributed by atoms with E-state index in [4.69, 9.17) is 11.6 Å².